The molecule has 1 unspecified atom stereocenters. The number of alkyl halides is 2. The van der Waals surface area contributed by atoms with Gasteiger partial charge in [0.2, 0.25) is 0 Å². The summed E-state index contributed by atoms with van der Waals surface area (Å²) < 4.78 is 37.2. The third-order valence-electron chi connectivity index (χ3n) is 5.16. The number of carbonyl (C=O) groups is 1. The monoisotopic (exact) mass is 441 g/mol. The minimum Gasteiger partial charge on any atom is -0.458 e. The Bertz CT molecular complexity index is 1190. The molecule has 2 aromatic heterocycles. The maximum Gasteiger partial charge on any atom is 0.287 e. The van der Waals surface area contributed by atoms with E-state index in [2.05, 4.69) is 15.3 Å². The number of hydrogen-bond donors (Lipinski definition) is 0. The highest BCUT2D eigenvalue weighted by Crippen LogP contribution is 2.35. The fourth-order valence-corrected chi connectivity index (χ4v) is 4.37. The number of amides is 1. The minimum atomic E-state index is -3.06. The predicted octanol–water partition coefficient (Wildman–Crippen LogP) is 3.81. The van der Waals surface area contributed by atoms with E-state index in [0.29, 0.717) is 16.8 Å². The van der Waals surface area contributed by atoms with Crippen molar-refractivity contribution in [2.45, 2.75) is 18.4 Å². The van der Waals surface area contributed by atoms with E-state index >= 15 is 0 Å². The van der Waals surface area contributed by atoms with Crippen LogP contribution in [-0.2, 0) is 0 Å². The zero-order valence-electron chi connectivity index (χ0n) is 16.2. The van der Waals surface area contributed by atoms with Crippen LogP contribution in [0.3, 0.4) is 0 Å². The Balaban J connectivity index is 1.36. The van der Waals surface area contributed by atoms with Gasteiger partial charge in [-0.25, -0.2) is 18.4 Å². The first-order valence-corrected chi connectivity index (χ1v) is 10.5. The summed E-state index contributed by atoms with van der Waals surface area (Å²) in [6.45, 7) is -0.283. The van der Waals surface area contributed by atoms with Crippen LogP contribution in [0.25, 0.3) is 15.9 Å². The Morgan fingerprint density at radius 1 is 1.19 bits per heavy atom. The average molecular weight is 441 g/mol. The summed E-state index contributed by atoms with van der Waals surface area (Å²) in [6, 6.07) is 14.2. The lowest BCUT2D eigenvalue weighted by molar-refractivity contribution is -0.130. The van der Waals surface area contributed by atoms with Gasteiger partial charge in [-0.1, -0.05) is 34.7 Å². The fraction of sp³-hybridized carbons (Fsp3) is 0.238. The minimum absolute atomic E-state index is 0.0565. The Labute approximate surface area is 179 Å². The zero-order valence-corrected chi connectivity index (χ0v) is 17.0. The van der Waals surface area contributed by atoms with Crippen molar-refractivity contribution >= 4 is 27.5 Å². The number of ether oxygens (including phenoxy) is 1. The van der Waals surface area contributed by atoms with Crippen LogP contribution in [0.2, 0.25) is 0 Å². The summed E-state index contributed by atoms with van der Waals surface area (Å²) >= 11 is 1.21. The van der Waals surface area contributed by atoms with Gasteiger partial charge in [-0.15, -0.1) is 5.10 Å². The molecule has 10 heteroatoms. The average Bonchev–Trinajstić information content (AvgIpc) is 3.44. The van der Waals surface area contributed by atoms with Crippen molar-refractivity contribution in [1.82, 2.24) is 24.9 Å². The van der Waals surface area contributed by atoms with E-state index in [1.54, 1.807) is 36.5 Å². The Hall–Kier alpha value is -3.40. The highest BCUT2D eigenvalue weighted by atomic mass is 32.1. The molecule has 0 saturated carbocycles. The summed E-state index contributed by atoms with van der Waals surface area (Å²) in [5, 5.41) is 7.84. The molecule has 1 saturated heterocycles. The van der Waals surface area contributed by atoms with Crippen molar-refractivity contribution in [3.8, 4) is 10.9 Å². The van der Waals surface area contributed by atoms with Gasteiger partial charge in [0, 0.05) is 18.5 Å². The number of rotatable bonds is 4. The number of nitrogens with zero attached hydrogens (tertiary/aromatic N) is 5. The molecule has 5 rings (SSSR count). The maximum absolute atomic E-state index is 14.6. The second-order valence-corrected chi connectivity index (χ2v) is 8.21. The lowest BCUT2D eigenvalue weighted by Gasteiger charge is -2.37. The van der Waals surface area contributed by atoms with Gasteiger partial charge < -0.3 is 9.64 Å². The van der Waals surface area contributed by atoms with Gasteiger partial charge in [0.15, 0.2) is 6.10 Å². The predicted molar refractivity (Wildman–Crippen MR) is 111 cm³/mol. The van der Waals surface area contributed by atoms with Crippen LogP contribution >= 0.6 is 11.3 Å². The molecule has 0 N–H and O–H groups in total. The summed E-state index contributed by atoms with van der Waals surface area (Å²) in [5.74, 6) is -3.40. The fourth-order valence-electron chi connectivity index (χ4n) is 3.51. The van der Waals surface area contributed by atoms with Gasteiger partial charge in [-0.3, -0.25) is 4.79 Å². The molecule has 0 radical (unpaired) electrons. The van der Waals surface area contributed by atoms with Gasteiger partial charge >= 0.3 is 0 Å². The number of aromatic nitrogens is 4. The molecule has 0 spiro atoms. The third kappa shape index (κ3) is 3.86. The van der Waals surface area contributed by atoms with E-state index in [1.165, 1.54) is 27.1 Å². The molecule has 0 aliphatic carbocycles. The largest absolute Gasteiger partial charge is 0.458 e. The zero-order chi connectivity index (χ0) is 21.4. The number of benzene rings is 2. The third-order valence-corrected chi connectivity index (χ3v) is 6.08. The van der Waals surface area contributed by atoms with Crippen LogP contribution in [0.1, 0.15) is 16.8 Å². The normalized spacial score (nSPS) is 18.3. The molecule has 31 heavy (non-hydrogen) atoms. The molecule has 4 aromatic rings. The lowest BCUT2D eigenvalue weighted by atomic mass is 10.0. The molecule has 1 aliphatic rings. The van der Waals surface area contributed by atoms with Crippen molar-refractivity contribution in [3.05, 3.63) is 66.5 Å². The molecular formula is C21H17F2N5O2S. The molecule has 1 aliphatic heterocycles. The summed E-state index contributed by atoms with van der Waals surface area (Å²) in [4.78, 5) is 18.7. The van der Waals surface area contributed by atoms with E-state index in [1.807, 2.05) is 18.2 Å². The van der Waals surface area contributed by atoms with E-state index in [0.717, 1.165) is 4.70 Å². The first-order chi connectivity index (χ1) is 15.0. The standard InChI is InChI=1S/C21H17F2N5O2S/c22-21(23)8-10-27(13-18(21)30-20-25-16-6-1-2-7-17(16)31-20)19(29)14-4-3-5-15(12-14)28-11-9-24-26-28/h1-7,9,11-12,18H,8,10,13H2. The first kappa shape index (κ1) is 19.6. The molecule has 1 amide bonds. The van der Waals surface area contributed by atoms with Crippen LogP contribution in [0.4, 0.5) is 8.78 Å². The Morgan fingerprint density at radius 3 is 2.87 bits per heavy atom. The first-order valence-electron chi connectivity index (χ1n) is 9.66. The van der Waals surface area contributed by atoms with Crippen LogP contribution in [0, 0.1) is 0 Å². The van der Waals surface area contributed by atoms with E-state index in [4.69, 9.17) is 4.74 Å². The topological polar surface area (TPSA) is 73.1 Å². The number of likely N-dealkylation sites (tertiary alicyclic amines) is 1. The lowest BCUT2D eigenvalue weighted by Crippen LogP contribution is -2.55. The molecular weight excluding hydrogens is 424 g/mol. The number of halogens is 2. The number of para-hydroxylation sites is 1. The quantitative estimate of drug-likeness (QED) is 0.482. The van der Waals surface area contributed by atoms with Crippen LogP contribution in [-0.4, -0.2) is 55.9 Å². The summed E-state index contributed by atoms with van der Waals surface area (Å²) in [7, 11) is 0. The highest BCUT2D eigenvalue weighted by Gasteiger charge is 2.47. The summed E-state index contributed by atoms with van der Waals surface area (Å²) in [6.07, 6.45) is 1.25. The van der Waals surface area contributed by atoms with Crippen LogP contribution < -0.4 is 4.74 Å². The van der Waals surface area contributed by atoms with Crippen LogP contribution in [0.15, 0.2) is 60.9 Å². The second kappa shape index (κ2) is 7.69. The maximum atomic E-state index is 14.6. The molecule has 0 bridgehead atoms. The van der Waals surface area contributed by atoms with Gasteiger partial charge in [0.05, 0.1) is 34.8 Å². The molecule has 158 valence electrons. The van der Waals surface area contributed by atoms with Gasteiger partial charge in [-0.05, 0) is 30.3 Å². The van der Waals surface area contributed by atoms with Crippen molar-refractivity contribution in [3.63, 3.8) is 0 Å². The van der Waals surface area contributed by atoms with Gasteiger partial charge in [0.1, 0.15) is 0 Å². The smallest absolute Gasteiger partial charge is 0.287 e. The Morgan fingerprint density at radius 2 is 2.06 bits per heavy atom. The number of fused-ring (bicyclic) bond motifs is 1. The number of hydrogen-bond acceptors (Lipinski definition) is 6. The molecule has 7 nitrogen and oxygen atoms in total. The highest BCUT2D eigenvalue weighted by molar-refractivity contribution is 7.20. The van der Waals surface area contributed by atoms with E-state index in [-0.39, 0.29) is 24.2 Å². The Kier molecular flexibility index (Phi) is 4.85. The van der Waals surface area contributed by atoms with Crippen molar-refractivity contribution in [2.75, 3.05) is 13.1 Å². The van der Waals surface area contributed by atoms with E-state index in [9.17, 15) is 13.6 Å². The molecule has 2 aromatic carbocycles. The van der Waals surface area contributed by atoms with Crippen LogP contribution in [0.5, 0.6) is 5.19 Å². The molecule has 3 heterocycles. The van der Waals surface area contributed by atoms with Gasteiger partial charge in [-0.2, -0.15) is 0 Å². The number of carbonyl (C=O) groups excluding carboxylic acids is 1. The van der Waals surface area contributed by atoms with Crippen molar-refractivity contribution in [2.24, 2.45) is 0 Å². The molecule has 1 atom stereocenters. The van der Waals surface area contributed by atoms with Crippen molar-refractivity contribution < 1.29 is 18.3 Å². The summed E-state index contributed by atoms with van der Waals surface area (Å²) in [5.41, 5.74) is 1.74. The molecule has 1 fully saturated rings. The van der Waals surface area contributed by atoms with Gasteiger partial charge in [0.25, 0.3) is 17.0 Å². The number of piperidine rings is 1. The number of thiazole rings is 1. The van der Waals surface area contributed by atoms with E-state index < -0.39 is 18.4 Å². The van der Waals surface area contributed by atoms with Crippen molar-refractivity contribution in [1.29, 1.82) is 0 Å². The SMILES string of the molecule is O=C(c1cccc(-n2ccnn2)c1)N1CCC(F)(F)C(Oc2nc3ccccc3s2)C1. The second-order valence-electron chi connectivity index (χ2n) is 7.21.